The summed E-state index contributed by atoms with van der Waals surface area (Å²) < 4.78 is 12.1. The van der Waals surface area contributed by atoms with E-state index in [1.165, 1.54) is 6.08 Å². The molecule has 0 aliphatic carbocycles. The average Bonchev–Trinajstić information content (AvgIpc) is 2.26. The summed E-state index contributed by atoms with van der Waals surface area (Å²) in [5.41, 5.74) is 0. The highest BCUT2D eigenvalue weighted by molar-refractivity contribution is 6.74. The van der Waals surface area contributed by atoms with Crippen molar-refractivity contribution >= 4 is 14.6 Å². The Bertz CT molecular complexity index is 305. The highest BCUT2D eigenvalue weighted by atomic mass is 28.4. The second-order valence-corrected chi connectivity index (χ2v) is 11.2. The van der Waals surface area contributed by atoms with Crippen LogP contribution in [0.4, 0.5) is 0 Å². The third kappa shape index (κ3) is 4.04. The van der Waals surface area contributed by atoms with E-state index in [0.717, 1.165) is 25.7 Å². The van der Waals surface area contributed by atoms with Gasteiger partial charge in [0.05, 0.1) is 6.10 Å². The van der Waals surface area contributed by atoms with Crippen LogP contribution in [-0.4, -0.2) is 33.4 Å². The lowest BCUT2D eigenvalue weighted by atomic mass is 10.1. The molecule has 1 saturated heterocycles. The van der Waals surface area contributed by atoms with Crippen LogP contribution in [0, 0.1) is 0 Å². The summed E-state index contributed by atoms with van der Waals surface area (Å²) in [6, 6.07) is 0. The molecule has 18 heavy (non-hydrogen) atoms. The van der Waals surface area contributed by atoms with E-state index in [9.17, 15) is 4.79 Å². The molecule has 0 aromatic carbocycles. The summed E-state index contributed by atoms with van der Waals surface area (Å²) in [7, 11) is -1.78. The Morgan fingerprint density at radius 1 is 1.33 bits per heavy atom. The lowest BCUT2D eigenvalue weighted by molar-refractivity contribution is -0.104. The van der Waals surface area contributed by atoms with Gasteiger partial charge in [0.25, 0.3) is 0 Å². The second kappa shape index (κ2) is 6.13. The maximum absolute atomic E-state index is 10.4. The molecule has 0 bridgehead atoms. The first kappa shape index (κ1) is 15.6. The van der Waals surface area contributed by atoms with Crippen molar-refractivity contribution in [2.75, 3.05) is 6.61 Å². The van der Waals surface area contributed by atoms with Crippen molar-refractivity contribution in [3.05, 3.63) is 12.2 Å². The molecule has 0 aromatic rings. The SMILES string of the molecule is CC(C)(C)[Si](C)(C)O[C@H]1CCCO[C@@H]1/C=C\C=O. The van der Waals surface area contributed by atoms with Crippen LogP contribution >= 0.6 is 0 Å². The van der Waals surface area contributed by atoms with Crippen molar-refractivity contribution < 1.29 is 14.0 Å². The summed E-state index contributed by atoms with van der Waals surface area (Å²) in [4.78, 5) is 10.4. The number of carbonyl (C=O) groups excluding carboxylic acids is 1. The minimum Gasteiger partial charge on any atom is -0.411 e. The van der Waals surface area contributed by atoms with E-state index in [1.807, 2.05) is 6.08 Å². The first-order valence-electron chi connectivity index (χ1n) is 6.69. The van der Waals surface area contributed by atoms with Crippen LogP contribution in [0.2, 0.25) is 18.1 Å². The number of aldehydes is 1. The fourth-order valence-corrected chi connectivity index (χ4v) is 3.15. The topological polar surface area (TPSA) is 35.5 Å². The molecular formula is C14H26O3Si. The van der Waals surface area contributed by atoms with Gasteiger partial charge < -0.3 is 9.16 Å². The summed E-state index contributed by atoms with van der Waals surface area (Å²) in [5, 5.41) is 0.198. The molecule has 0 aromatic heterocycles. The molecular weight excluding hydrogens is 244 g/mol. The van der Waals surface area contributed by atoms with Gasteiger partial charge in [0.1, 0.15) is 12.4 Å². The van der Waals surface area contributed by atoms with Gasteiger partial charge in [-0.15, -0.1) is 0 Å². The lowest BCUT2D eigenvalue weighted by Gasteiger charge is -2.42. The van der Waals surface area contributed by atoms with Gasteiger partial charge in [0.2, 0.25) is 0 Å². The number of hydrogen-bond acceptors (Lipinski definition) is 3. The smallest absolute Gasteiger partial charge is 0.192 e. The molecule has 0 spiro atoms. The van der Waals surface area contributed by atoms with E-state index in [4.69, 9.17) is 9.16 Å². The summed E-state index contributed by atoms with van der Waals surface area (Å²) in [6.45, 7) is 12.0. The van der Waals surface area contributed by atoms with Gasteiger partial charge in [-0.1, -0.05) is 26.8 Å². The zero-order valence-electron chi connectivity index (χ0n) is 12.2. The number of hydrogen-bond donors (Lipinski definition) is 0. The van der Waals surface area contributed by atoms with Crippen molar-refractivity contribution in [1.29, 1.82) is 0 Å². The molecule has 1 aliphatic rings. The number of rotatable bonds is 4. The van der Waals surface area contributed by atoms with Crippen LogP contribution in [0.25, 0.3) is 0 Å². The van der Waals surface area contributed by atoms with E-state index < -0.39 is 8.32 Å². The molecule has 0 saturated carbocycles. The standard InChI is InChI=1S/C14H26O3Si/c1-14(2,3)18(4,5)17-13-9-7-11-16-12(13)8-6-10-15/h6,8,10,12-13H,7,9,11H2,1-5H3/b8-6-/t12-,13+/m1/s1. The van der Waals surface area contributed by atoms with E-state index in [2.05, 4.69) is 33.9 Å². The van der Waals surface area contributed by atoms with Crippen molar-refractivity contribution in [3.8, 4) is 0 Å². The Kier molecular flexibility index (Phi) is 5.31. The summed E-state index contributed by atoms with van der Waals surface area (Å²) in [6.07, 6.45) is 6.20. The molecule has 2 atom stereocenters. The van der Waals surface area contributed by atoms with Crippen LogP contribution in [0.5, 0.6) is 0 Å². The molecule has 4 heteroatoms. The van der Waals surface area contributed by atoms with Gasteiger partial charge in [-0.05, 0) is 37.0 Å². The molecule has 1 aliphatic heterocycles. The zero-order chi connectivity index (χ0) is 13.8. The van der Waals surface area contributed by atoms with E-state index >= 15 is 0 Å². The third-order valence-electron chi connectivity index (χ3n) is 3.94. The highest BCUT2D eigenvalue weighted by Crippen LogP contribution is 2.38. The maximum atomic E-state index is 10.4. The normalized spacial score (nSPS) is 26.5. The number of allylic oxidation sites excluding steroid dienone is 1. The first-order valence-corrected chi connectivity index (χ1v) is 9.60. The average molecular weight is 270 g/mol. The van der Waals surface area contributed by atoms with Crippen LogP contribution < -0.4 is 0 Å². The van der Waals surface area contributed by atoms with Gasteiger partial charge in [-0.25, -0.2) is 0 Å². The summed E-state index contributed by atoms with van der Waals surface area (Å²) >= 11 is 0. The van der Waals surface area contributed by atoms with Gasteiger partial charge in [0.15, 0.2) is 8.32 Å². The first-order chi connectivity index (χ1) is 8.28. The molecule has 104 valence electrons. The Labute approximate surface area is 112 Å². The minimum atomic E-state index is -1.78. The monoisotopic (exact) mass is 270 g/mol. The van der Waals surface area contributed by atoms with E-state index in [1.54, 1.807) is 0 Å². The second-order valence-electron chi connectivity index (χ2n) is 6.42. The van der Waals surface area contributed by atoms with Gasteiger partial charge in [-0.2, -0.15) is 0 Å². The Morgan fingerprint density at radius 3 is 2.56 bits per heavy atom. The third-order valence-corrected chi connectivity index (χ3v) is 8.45. The molecule has 1 heterocycles. The van der Waals surface area contributed by atoms with Crippen molar-refractivity contribution in [3.63, 3.8) is 0 Å². The molecule has 1 rings (SSSR count). The summed E-state index contributed by atoms with van der Waals surface area (Å²) in [5.74, 6) is 0. The van der Waals surface area contributed by atoms with Crippen LogP contribution in [0.3, 0.4) is 0 Å². The molecule has 0 N–H and O–H groups in total. The molecule has 3 nitrogen and oxygen atoms in total. The predicted molar refractivity (Wildman–Crippen MR) is 76.2 cm³/mol. The Morgan fingerprint density at radius 2 is 2.00 bits per heavy atom. The van der Waals surface area contributed by atoms with E-state index in [0.29, 0.717) is 0 Å². The van der Waals surface area contributed by atoms with Gasteiger partial charge in [0, 0.05) is 6.61 Å². The fraction of sp³-hybridized carbons (Fsp3) is 0.786. The van der Waals surface area contributed by atoms with Crippen LogP contribution in [-0.2, 0) is 14.0 Å². The number of carbonyl (C=O) groups is 1. The Balaban J connectivity index is 2.73. The van der Waals surface area contributed by atoms with Gasteiger partial charge >= 0.3 is 0 Å². The van der Waals surface area contributed by atoms with Crippen molar-refractivity contribution in [1.82, 2.24) is 0 Å². The number of ether oxygens (including phenoxy) is 1. The lowest BCUT2D eigenvalue weighted by Crippen LogP contribution is -2.48. The maximum Gasteiger partial charge on any atom is 0.192 e. The van der Waals surface area contributed by atoms with Crippen LogP contribution in [0.1, 0.15) is 33.6 Å². The van der Waals surface area contributed by atoms with Gasteiger partial charge in [-0.3, -0.25) is 4.79 Å². The predicted octanol–water partition coefficient (Wildman–Crippen LogP) is 3.31. The van der Waals surface area contributed by atoms with Crippen molar-refractivity contribution in [2.45, 2.75) is 64.0 Å². The highest BCUT2D eigenvalue weighted by Gasteiger charge is 2.41. The zero-order valence-corrected chi connectivity index (χ0v) is 13.2. The fourth-order valence-electron chi connectivity index (χ4n) is 1.79. The Hall–Kier alpha value is -0.453. The van der Waals surface area contributed by atoms with Crippen molar-refractivity contribution in [2.24, 2.45) is 0 Å². The molecule has 0 unspecified atom stereocenters. The van der Waals surface area contributed by atoms with Crippen LogP contribution in [0.15, 0.2) is 12.2 Å². The minimum absolute atomic E-state index is 0.0712. The van der Waals surface area contributed by atoms with E-state index in [-0.39, 0.29) is 17.2 Å². The molecule has 0 amide bonds. The molecule has 1 fully saturated rings. The largest absolute Gasteiger partial charge is 0.411 e. The molecule has 0 radical (unpaired) electrons. The quantitative estimate of drug-likeness (QED) is 0.446.